The number of nitrogens with one attached hydrogen (secondary N) is 1. The number of sulfone groups is 1. The third-order valence-electron chi connectivity index (χ3n) is 3.54. The first-order valence-electron chi connectivity index (χ1n) is 7.29. The lowest BCUT2D eigenvalue weighted by Crippen LogP contribution is -2.26. The Labute approximate surface area is 141 Å². The number of aromatic nitrogens is 2. The SMILES string of the molecule is O=C(CC1C=CS(=O)(=O)C1)NCc1noc(-c2c(F)cccc2F)n1. The number of benzene rings is 1. The van der Waals surface area contributed by atoms with E-state index in [0.717, 1.165) is 17.5 Å². The van der Waals surface area contributed by atoms with E-state index in [-0.39, 0.29) is 36.4 Å². The fraction of sp³-hybridized carbons (Fsp3) is 0.267. The van der Waals surface area contributed by atoms with E-state index in [1.165, 1.54) is 12.1 Å². The van der Waals surface area contributed by atoms with E-state index in [4.69, 9.17) is 4.52 Å². The molecule has 1 aromatic carbocycles. The van der Waals surface area contributed by atoms with E-state index >= 15 is 0 Å². The Morgan fingerprint density at radius 1 is 1.32 bits per heavy atom. The van der Waals surface area contributed by atoms with Crippen LogP contribution in [0.25, 0.3) is 11.5 Å². The summed E-state index contributed by atoms with van der Waals surface area (Å²) in [5.74, 6) is -2.83. The molecule has 10 heteroatoms. The molecule has 1 N–H and O–H groups in total. The van der Waals surface area contributed by atoms with Crippen molar-refractivity contribution in [1.29, 1.82) is 0 Å². The molecule has 2 heterocycles. The number of hydrogen-bond acceptors (Lipinski definition) is 6. The molecule has 7 nitrogen and oxygen atoms in total. The van der Waals surface area contributed by atoms with Gasteiger partial charge in [-0.25, -0.2) is 17.2 Å². The highest BCUT2D eigenvalue weighted by Gasteiger charge is 2.24. The van der Waals surface area contributed by atoms with Crippen LogP contribution < -0.4 is 5.32 Å². The normalized spacial score (nSPS) is 18.4. The van der Waals surface area contributed by atoms with Crippen LogP contribution in [0.2, 0.25) is 0 Å². The minimum absolute atomic E-state index is 0.00236. The fourth-order valence-corrected chi connectivity index (χ4v) is 3.78. The Morgan fingerprint density at radius 3 is 2.68 bits per heavy atom. The number of carbonyl (C=O) groups is 1. The van der Waals surface area contributed by atoms with Crippen LogP contribution in [0.15, 0.2) is 34.2 Å². The first-order chi connectivity index (χ1) is 11.8. The van der Waals surface area contributed by atoms with Gasteiger partial charge in [-0.15, -0.1) is 0 Å². The van der Waals surface area contributed by atoms with Crippen LogP contribution in [0, 0.1) is 17.6 Å². The van der Waals surface area contributed by atoms with Gasteiger partial charge in [0.25, 0.3) is 5.89 Å². The number of halogens is 2. The number of allylic oxidation sites excluding steroid dienone is 1. The highest BCUT2D eigenvalue weighted by atomic mass is 32.2. The minimum Gasteiger partial charge on any atom is -0.349 e. The van der Waals surface area contributed by atoms with Gasteiger partial charge in [0.15, 0.2) is 15.7 Å². The second-order valence-electron chi connectivity index (χ2n) is 5.51. The summed E-state index contributed by atoms with van der Waals surface area (Å²) in [6, 6.07) is 3.34. The highest BCUT2D eigenvalue weighted by Crippen LogP contribution is 2.24. The van der Waals surface area contributed by atoms with Crippen LogP contribution in [0.4, 0.5) is 8.78 Å². The van der Waals surface area contributed by atoms with Gasteiger partial charge in [0.05, 0.1) is 12.3 Å². The second-order valence-corrected chi connectivity index (χ2v) is 7.44. The molecule has 1 aliphatic rings. The molecule has 0 radical (unpaired) electrons. The smallest absolute Gasteiger partial charge is 0.263 e. The summed E-state index contributed by atoms with van der Waals surface area (Å²) in [6.07, 6.45) is 1.48. The van der Waals surface area contributed by atoms with Crippen LogP contribution in [-0.2, 0) is 21.2 Å². The van der Waals surface area contributed by atoms with Gasteiger partial charge in [0.2, 0.25) is 5.91 Å². The summed E-state index contributed by atoms with van der Waals surface area (Å²) < 4.78 is 54.7. The first kappa shape index (κ1) is 17.2. The zero-order valence-corrected chi connectivity index (χ0v) is 13.6. The van der Waals surface area contributed by atoms with E-state index in [2.05, 4.69) is 15.5 Å². The predicted octanol–water partition coefficient (Wildman–Crippen LogP) is 1.58. The molecule has 1 aliphatic heterocycles. The van der Waals surface area contributed by atoms with Crippen LogP contribution >= 0.6 is 0 Å². The summed E-state index contributed by atoms with van der Waals surface area (Å²) in [6.45, 7) is -0.110. The molecule has 0 aliphatic carbocycles. The molecule has 0 saturated carbocycles. The quantitative estimate of drug-likeness (QED) is 0.858. The monoisotopic (exact) mass is 369 g/mol. The zero-order chi connectivity index (χ0) is 18.0. The molecule has 25 heavy (non-hydrogen) atoms. The van der Waals surface area contributed by atoms with Crippen molar-refractivity contribution >= 4 is 15.7 Å². The molecule has 0 saturated heterocycles. The summed E-state index contributed by atoms with van der Waals surface area (Å²) in [7, 11) is -3.21. The van der Waals surface area contributed by atoms with E-state index in [9.17, 15) is 22.0 Å². The van der Waals surface area contributed by atoms with E-state index in [1.54, 1.807) is 0 Å². The largest absolute Gasteiger partial charge is 0.349 e. The number of nitrogens with zero attached hydrogens (tertiary/aromatic N) is 2. The molecule has 2 aromatic rings. The van der Waals surface area contributed by atoms with Gasteiger partial charge in [-0.1, -0.05) is 17.3 Å². The van der Waals surface area contributed by atoms with Gasteiger partial charge in [-0.3, -0.25) is 4.79 Å². The van der Waals surface area contributed by atoms with Crippen molar-refractivity contribution in [3.05, 3.63) is 47.1 Å². The standard InChI is InChI=1S/C15H13F2N3O4S/c16-10-2-1-3-11(17)14(10)15-19-12(20-24-15)7-18-13(21)6-9-4-5-25(22,23)8-9/h1-5,9H,6-8H2,(H,18,21). The third kappa shape index (κ3) is 4.08. The van der Waals surface area contributed by atoms with Crippen LogP contribution in [0.3, 0.4) is 0 Å². The maximum atomic E-state index is 13.7. The van der Waals surface area contributed by atoms with Gasteiger partial charge in [-0.2, -0.15) is 4.98 Å². The number of rotatable bonds is 5. The lowest BCUT2D eigenvalue weighted by atomic mass is 10.1. The second kappa shape index (κ2) is 6.71. The van der Waals surface area contributed by atoms with Crippen LogP contribution in [0.5, 0.6) is 0 Å². The molecular weight excluding hydrogens is 356 g/mol. The summed E-state index contributed by atoms with van der Waals surface area (Å²) >= 11 is 0. The van der Waals surface area contributed by atoms with Crippen molar-refractivity contribution in [3.63, 3.8) is 0 Å². The average molecular weight is 369 g/mol. The zero-order valence-electron chi connectivity index (χ0n) is 12.8. The Balaban J connectivity index is 1.59. The number of hydrogen-bond donors (Lipinski definition) is 1. The lowest BCUT2D eigenvalue weighted by Gasteiger charge is -2.06. The molecule has 0 bridgehead atoms. The Hall–Kier alpha value is -2.62. The van der Waals surface area contributed by atoms with E-state index < -0.39 is 32.9 Å². The Kier molecular flexibility index (Phi) is 4.62. The van der Waals surface area contributed by atoms with Crippen molar-refractivity contribution in [2.75, 3.05) is 5.75 Å². The topological polar surface area (TPSA) is 102 Å². The molecule has 0 spiro atoms. The van der Waals surface area contributed by atoms with Gasteiger partial charge in [-0.05, 0) is 12.1 Å². The molecule has 3 rings (SSSR count). The summed E-state index contributed by atoms with van der Waals surface area (Å²) in [5.41, 5.74) is -0.436. The summed E-state index contributed by atoms with van der Waals surface area (Å²) in [4.78, 5) is 15.7. The van der Waals surface area contributed by atoms with E-state index in [0.29, 0.717) is 0 Å². The molecule has 1 atom stereocenters. The maximum absolute atomic E-state index is 13.7. The lowest BCUT2D eigenvalue weighted by molar-refractivity contribution is -0.121. The first-order valence-corrected chi connectivity index (χ1v) is 9.00. The molecule has 1 aromatic heterocycles. The third-order valence-corrected chi connectivity index (χ3v) is 5.00. The number of carbonyl (C=O) groups excluding carboxylic acids is 1. The van der Waals surface area contributed by atoms with Gasteiger partial charge < -0.3 is 9.84 Å². The predicted molar refractivity (Wildman–Crippen MR) is 82.5 cm³/mol. The van der Waals surface area contributed by atoms with Gasteiger partial charge in [0, 0.05) is 17.7 Å². The Morgan fingerprint density at radius 2 is 2.04 bits per heavy atom. The van der Waals surface area contributed by atoms with Crippen molar-refractivity contribution in [1.82, 2.24) is 15.5 Å². The highest BCUT2D eigenvalue weighted by molar-refractivity contribution is 7.94. The van der Waals surface area contributed by atoms with E-state index in [1.807, 2.05) is 0 Å². The van der Waals surface area contributed by atoms with Crippen molar-refractivity contribution in [2.24, 2.45) is 5.92 Å². The molecular formula is C15H13F2N3O4S. The fourth-order valence-electron chi connectivity index (χ4n) is 2.38. The van der Waals surface area contributed by atoms with Crippen molar-refractivity contribution in [2.45, 2.75) is 13.0 Å². The molecule has 0 fully saturated rings. The maximum Gasteiger partial charge on any atom is 0.263 e. The Bertz CT molecular complexity index is 920. The molecule has 1 amide bonds. The molecule has 132 valence electrons. The van der Waals surface area contributed by atoms with Crippen LogP contribution in [-0.4, -0.2) is 30.2 Å². The van der Waals surface area contributed by atoms with Crippen molar-refractivity contribution in [3.8, 4) is 11.5 Å². The molecule has 1 unspecified atom stereocenters. The minimum atomic E-state index is -3.21. The summed E-state index contributed by atoms with van der Waals surface area (Å²) in [5, 5.41) is 7.16. The van der Waals surface area contributed by atoms with Crippen LogP contribution in [0.1, 0.15) is 12.2 Å². The van der Waals surface area contributed by atoms with Gasteiger partial charge >= 0.3 is 0 Å². The van der Waals surface area contributed by atoms with Gasteiger partial charge in [0.1, 0.15) is 17.2 Å². The average Bonchev–Trinajstić information content (AvgIpc) is 3.12. The van der Waals surface area contributed by atoms with Crippen molar-refractivity contribution < 1.29 is 26.5 Å². The number of amides is 1.